The molecule has 0 bridgehead atoms. The first-order valence-corrected chi connectivity index (χ1v) is 9.10. The number of nitro groups is 1. The Hall–Kier alpha value is -2.61. The number of carbonyl (C=O) groups excluding carboxylic acids is 1. The molecule has 2 aromatic carbocycles. The molecular weight excluding hydrogens is 357 g/mol. The Morgan fingerprint density at radius 3 is 2.65 bits per heavy atom. The van der Waals surface area contributed by atoms with Gasteiger partial charge < -0.3 is 10.2 Å². The van der Waals surface area contributed by atoms with Gasteiger partial charge >= 0.3 is 0 Å². The fourth-order valence-corrected chi connectivity index (χ4v) is 3.18. The third-order valence-corrected chi connectivity index (χ3v) is 4.67. The molecule has 0 radical (unpaired) electrons. The van der Waals surface area contributed by atoms with Crippen LogP contribution in [-0.2, 0) is 5.75 Å². The third kappa shape index (κ3) is 5.19. The zero-order valence-corrected chi connectivity index (χ0v) is 15.4. The summed E-state index contributed by atoms with van der Waals surface area (Å²) in [4.78, 5) is 24.5. The summed E-state index contributed by atoms with van der Waals surface area (Å²) in [5, 5.41) is 13.7. The van der Waals surface area contributed by atoms with Gasteiger partial charge in [0.05, 0.1) is 10.5 Å². The van der Waals surface area contributed by atoms with Crippen molar-refractivity contribution in [2.75, 3.05) is 31.3 Å². The van der Waals surface area contributed by atoms with Gasteiger partial charge in [0.25, 0.3) is 11.6 Å². The number of thioether (sulfide) groups is 1. The van der Waals surface area contributed by atoms with E-state index in [9.17, 15) is 19.3 Å². The van der Waals surface area contributed by atoms with Crippen molar-refractivity contribution in [1.29, 1.82) is 0 Å². The number of nitrogens with one attached hydrogen (secondary N) is 1. The Balaban J connectivity index is 1.92. The summed E-state index contributed by atoms with van der Waals surface area (Å²) < 4.78 is 13.5. The largest absolute Gasteiger partial charge is 0.377 e. The highest BCUT2D eigenvalue weighted by Crippen LogP contribution is 2.24. The molecule has 0 aliphatic carbocycles. The molecule has 1 N–H and O–H groups in total. The Morgan fingerprint density at radius 1 is 1.27 bits per heavy atom. The average Bonchev–Trinajstić information content (AvgIpc) is 2.62. The smallest absolute Gasteiger partial charge is 0.270 e. The van der Waals surface area contributed by atoms with Crippen LogP contribution in [0.2, 0.25) is 0 Å². The molecule has 138 valence electrons. The molecule has 0 atom stereocenters. The summed E-state index contributed by atoms with van der Waals surface area (Å²) >= 11 is 1.50. The quantitative estimate of drug-likeness (QED) is 0.433. The van der Waals surface area contributed by atoms with Crippen LogP contribution in [0.5, 0.6) is 0 Å². The van der Waals surface area contributed by atoms with Crippen LogP contribution in [0.25, 0.3) is 0 Å². The van der Waals surface area contributed by atoms with Gasteiger partial charge in [-0.1, -0.05) is 18.2 Å². The van der Waals surface area contributed by atoms with Crippen molar-refractivity contribution in [3.05, 3.63) is 69.5 Å². The topological polar surface area (TPSA) is 75.5 Å². The molecule has 2 rings (SSSR count). The van der Waals surface area contributed by atoms with Gasteiger partial charge in [0.2, 0.25) is 0 Å². The van der Waals surface area contributed by atoms with Gasteiger partial charge in [-0.25, -0.2) is 4.39 Å². The molecular formula is C18H20FN3O3S. The Kier molecular flexibility index (Phi) is 6.97. The second-order valence-corrected chi connectivity index (χ2v) is 6.86. The van der Waals surface area contributed by atoms with Crippen LogP contribution >= 0.6 is 11.8 Å². The number of benzene rings is 2. The van der Waals surface area contributed by atoms with Gasteiger partial charge in [0.15, 0.2) is 0 Å². The number of nitrogens with zero attached hydrogens (tertiary/aromatic N) is 2. The summed E-state index contributed by atoms with van der Waals surface area (Å²) in [7, 11) is 3.53. The molecule has 0 fully saturated rings. The standard InChI is InChI=1S/C18H20FN3O3S/c1-21(2)17-8-7-14(22(24)25)11-15(17)18(23)20-9-10-26-12-13-5-3-4-6-16(13)19/h3-8,11H,9-10,12H2,1-2H3,(H,20,23). The van der Waals surface area contributed by atoms with E-state index < -0.39 is 4.92 Å². The van der Waals surface area contributed by atoms with Crippen molar-refractivity contribution in [2.24, 2.45) is 0 Å². The predicted octanol–water partition coefficient (Wildman–Crippen LogP) is 3.46. The maximum absolute atomic E-state index is 13.5. The number of hydrogen-bond donors (Lipinski definition) is 1. The first-order valence-electron chi connectivity index (χ1n) is 7.95. The molecule has 8 heteroatoms. The van der Waals surface area contributed by atoms with E-state index in [1.165, 1.54) is 30.0 Å². The van der Waals surface area contributed by atoms with E-state index in [2.05, 4.69) is 5.32 Å². The SMILES string of the molecule is CN(C)c1ccc([N+](=O)[O-])cc1C(=O)NCCSCc1ccccc1F. The number of amides is 1. The van der Waals surface area contributed by atoms with Gasteiger partial charge in [-0.15, -0.1) is 0 Å². The number of nitro benzene ring substituents is 1. The predicted molar refractivity (Wildman–Crippen MR) is 102 cm³/mol. The van der Waals surface area contributed by atoms with Gasteiger partial charge in [-0.2, -0.15) is 11.8 Å². The molecule has 0 aromatic heterocycles. The molecule has 0 aliphatic rings. The van der Waals surface area contributed by atoms with Crippen molar-refractivity contribution >= 4 is 29.0 Å². The zero-order chi connectivity index (χ0) is 19.1. The molecule has 2 aromatic rings. The third-order valence-electron chi connectivity index (χ3n) is 3.66. The van der Waals surface area contributed by atoms with Crippen LogP contribution in [0.4, 0.5) is 15.8 Å². The van der Waals surface area contributed by atoms with Crippen molar-refractivity contribution in [1.82, 2.24) is 5.32 Å². The second-order valence-electron chi connectivity index (χ2n) is 5.75. The number of rotatable bonds is 8. The normalized spacial score (nSPS) is 10.4. The van der Waals surface area contributed by atoms with Crippen LogP contribution in [-0.4, -0.2) is 37.2 Å². The minimum atomic E-state index is -0.527. The Morgan fingerprint density at radius 2 is 2.00 bits per heavy atom. The fraction of sp³-hybridized carbons (Fsp3) is 0.278. The molecule has 26 heavy (non-hydrogen) atoms. The van der Waals surface area contributed by atoms with Crippen LogP contribution < -0.4 is 10.2 Å². The minimum Gasteiger partial charge on any atom is -0.377 e. The summed E-state index contributed by atoms with van der Waals surface area (Å²) in [6.45, 7) is 0.382. The van der Waals surface area contributed by atoms with E-state index in [4.69, 9.17) is 0 Å². The lowest BCUT2D eigenvalue weighted by Crippen LogP contribution is -2.27. The molecule has 1 amide bonds. The second kappa shape index (κ2) is 9.19. The molecule has 0 spiro atoms. The molecule has 6 nitrogen and oxygen atoms in total. The molecule has 0 aliphatic heterocycles. The summed E-state index contributed by atoms with van der Waals surface area (Å²) in [6.07, 6.45) is 0. The monoisotopic (exact) mass is 377 g/mol. The van der Waals surface area contributed by atoms with Gasteiger partial charge in [0, 0.05) is 50.0 Å². The number of non-ortho nitro benzene ring substituents is 1. The van der Waals surface area contributed by atoms with Gasteiger partial charge in [-0.05, 0) is 17.7 Å². The number of carbonyl (C=O) groups is 1. The summed E-state index contributed by atoms with van der Waals surface area (Å²) in [6, 6.07) is 10.8. The molecule has 0 unspecified atom stereocenters. The zero-order valence-electron chi connectivity index (χ0n) is 14.6. The van der Waals surface area contributed by atoms with Crippen LogP contribution in [0.3, 0.4) is 0 Å². The maximum Gasteiger partial charge on any atom is 0.270 e. The Bertz CT molecular complexity index is 799. The van der Waals surface area contributed by atoms with Gasteiger partial charge in [-0.3, -0.25) is 14.9 Å². The molecule has 0 saturated carbocycles. The van der Waals surface area contributed by atoms with Crippen LogP contribution in [0, 0.1) is 15.9 Å². The fourth-order valence-electron chi connectivity index (χ4n) is 2.34. The lowest BCUT2D eigenvalue weighted by molar-refractivity contribution is -0.384. The van der Waals surface area contributed by atoms with E-state index >= 15 is 0 Å². The Labute approximate surface area is 155 Å². The lowest BCUT2D eigenvalue weighted by atomic mass is 10.1. The van der Waals surface area contributed by atoms with Crippen molar-refractivity contribution in [3.63, 3.8) is 0 Å². The van der Waals surface area contributed by atoms with E-state index in [1.807, 2.05) is 0 Å². The van der Waals surface area contributed by atoms with Crippen LogP contribution in [0.1, 0.15) is 15.9 Å². The number of anilines is 1. The first kappa shape index (κ1) is 19.7. The van der Waals surface area contributed by atoms with Crippen molar-refractivity contribution < 1.29 is 14.1 Å². The van der Waals surface area contributed by atoms with Crippen molar-refractivity contribution in [3.8, 4) is 0 Å². The maximum atomic E-state index is 13.5. The molecule has 0 heterocycles. The number of halogens is 1. The number of hydrogen-bond acceptors (Lipinski definition) is 5. The van der Waals surface area contributed by atoms with Crippen molar-refractivity contribution in [2.45, 2.75) is 5.75 Å². The summed E-state index contributed by atoms with van der Waals surface area (Å²) in [5.74, 6) is 0.509. The highest BCUT2D eigenvalue weighted by molar-refractivity contribution is 7.98. The highest BCUT2D eigenvalue weighted by Gasteiger charge is 2.17. The van der Waals surface area contributed by atoms with Crippen LogP contribution in [0.15, 0.2) is 42.5 Å². The lowest BCUT2D eigenvalue weighted by Gasteiger charge is -2.17. The van der Waals surface area contributed by atoms with E-state index in [1.54, 1.807) is 43.3 Å². The van der Waals surface area contributed by atoms with Gasteiger partial charge in [0.1, 0.15) is 5.82 Å². The van der Waals surface area contributed by atoms with E-state index in [0.717, 1.165) is 0 Å². The average molecular weight is 377 g/mol. The minimum absolute atomic E-state index is 0.130. The van der Waals surface area contributed by atoms with E-state index in [0.29, 0.717) is 29.3 Å². The van der Waals surface area contributed by atoms with E-state index in [-0.39, 0.29) is 23.0 Å². The molecule has 0 saturated heterocycles. The first-order chi connectivity index (χ1) is 12.4. The highest BCUT2D eigenvalue weighted by atomic mass is 32.2. The summed E-state index contributed by atoms with van der Waals surface area (Å²) in [5.41, 5.74) is 1.35.